The molecule has 3 N–H and O–H groups in total. The monoisotopic (exact) mass is 258 g/mol. The lowest BCUT2D eigenvalue weighted by atomic mass is 10.0. The molecule has 0 spiro atoms. The second kappa shape index (κ2) is 6.34. The summed E-state index contributed by atoms with van der Waals surface area (Å²) in [6.45, 7) is 2.11. The normalized spacial score (nSPS) is 20.6. The van der Waals surface area contributed by atoms with Crippen molar-refractivity contribution >= 4 is 17.8 Å². The fraction of sp³-hybridized carbons (Fsp3) is 0.727. The third-order valence-electron chi connectivity index (χ3n) is 3.17. The summed E-state index contributed by atoms with van der Waals surface area (Å²) in [4.78, 5) is 35.2. The summed E-state index contributed by atoms with van der Waals surface area (Å²) < 4.78 is 0. The van der Waals surface area contributed by atoms with E-state index in [9.17, 15) is 14.4 Å². The van der Waals surface area contributed by atoms with E-state index in [1.807, 2.05) is 0 Å². The Hall–Kier alpha value is -1.63. The van der Waals surface area contributed by atoms with Crippen LogP contribution < -0.4 is 5.48 Å². The van der Waals surface area contributed by atoms with Gasteiger partial charge in [0.2, 0.25) is 11.8 Å². The van der Waals surface area contributed by atoms with Crippen LogP contribution in [0.5, 0.6) is 0 Å². The average Bonchev–Trinajstić information content (AvgIpc) is 2.83. The van der Waals surface area contributed by atoms with Crippen molar-refractivity contribution in [3.63, 3.8) is 0 Å². The number of aliphatic carboxylic acids is 1. The van der Waals surface area contributed by atoms with Gasteiger partial charge in [-0.1, -0.05) is 6.92 Å². The van der Waals surface area contributed by atoms with Crippen LogP contribution in [-0.4, -0.2) is 45.6 Å². The first-order valence-corrected chi connectivity index (χ1v) is 5.93. The summed E-state index contributed by atoms with van der Waals surface area (Å²) in [5.74, 6) is -2.21. The zero-order valence-electron chi connectivity index (χ0n) is 10.3. The first-order chi connectivity index (χ1) is 8.47. The maximum Gasteiger partial charge on any atom is 0.326 e. The van der Waals surface area contributed by atoms with Gasteiger partial charge in [0.15, 0.2) is 0 Å². The molecule has 0 radical (unpaired) electrons. The van der Waals surface area contributed by atoms with Gasteiger partial charge in [0.1, 0.15) is 6.04 Å². The Bertz CT molecular complexity index is 344. The van der Waals surface area contributed by atoms with Gasteiger partial charge in [0.05, 0.1) is 0 Å². The molecule has 1 unspecified atom stereocenters. The molecule has 2 atom stereocenters. The highest BCUT2D eigenvalue weighted by molar-refractivity contribution is 5.86. The second-order valence-corrected chi connectivity index (χ2v) is 4.50. The number of hydroxylamine groups is 1. The minimum Gasteiger partial charge on any atom is -0.480 e. The fourth-order valence-electron chi connectivity index (χ4n) is 2.10. The highest BCUT2D eigenvalue weighted by atomic mass is 16.5. The Labute approximate surface area is 105 Å². The van der Waals surface area contributed by atoms with Crippen molar-refractivity contribution in [2.24, 2.45) is 5.92 Å². The molecular formula is C11H18N2O5. The minimum absolute atomic E-state index is 0.0367. The number of nitrogens with zero attached hydrogens (tertiary/aromatic N) is 1. The Kier molecular flexibility index (Phi) is 5.08. The molecule has 0 bridgehead atoms. The molecule has 1 fully saturated rings. The second-order valence-electron chi connectivity index (χ2n) is 4.50. The third kappa shape index (κ3) is 3.43. The van der Waals surface area contributed by atoms with Crippen LogP contribution in [0.15, 0.2) is 0 Å². The van der Waals surface area contributed by atoms with Crippen molar-refractivity contribution in [2.45, 2.75) is 38.6 Å². The summed E-state index contributed by atoms with van der Waals surface area (Å²) in [7, 11) is 0. The molecule has 102 valence electrons. The molecule has 7 nitrogen and oxygen atoms in total. The Balaban J connectivity index is 2.52. The van der Waals surface area contributed by atoms with Gasteiger partial charge < -0.3 is 10.0 Å². The van der Waals surface area contributed by atoms with Crippen molar-refractivity contribution in [1.29, 1.82) is 0 Å². The molecular weight excluding hydrogens is 240 g/mol. The Morgan fingerprint density at radius 2 is 2.11 bits per heavy atom. The van der Waals surface area contributed by atoms with Gasteiger partial charge in [0.25, 0.3) is 0 Å². The third-order valence-corrected chi connectivity index (χ3v) is 3.17. The molecule has 7 heteroatoms. The van der Waals surface area contributed by atoms with Gasteiger partial charge >= 0.3 is 5.97 Å². The number of rotatable bonds is 5. The highest BCUT2D eigenvalue weighted by Crippen LogP contribution is 2.21. The summed E-state index contributed by atoms with van der Waals surface area (Å²) in [6.07, 6.45) is 1.49. The summed E-state index contributed by atoms with van der Waals surface area (Å²) in [6, 6.07) is -0.744. The van der Waals surface area contributed by atoms with Gasteiger partial charge in [-0.3, -0.25) is 14.8 Å². The van der Waals surface area contributed by atoms with E-state index in [0.29, 0.717) is 19.4 Å². The average molecular weight is 258 g/mol. The molecule has 0 aliphatic carbocycles. The van der Waals surface area contributed by atoms with Crippen LogP contribution >= 0.6 is 0 Å². The lowest BCUT2D eigenvalue weighted by molar-refractivity contribution is -0.150. The molecule has 1 aliphatic rings. The quantitative estimate of drug-likeness (QED) is 0.474. The van der Waals surface area contributed by atoms with Crippen LogP contribution in [0.1, 0.15) is 32.6 Å². The van der Waals surface area contributed by atoms with Crippen LogP contribution in [0.2, 0.25) is 0 Å². The molecule has 1 aliphatic heterocycles. The fourth-order valence-corrected chi connectivity index (χ4v) is 2.10. The maximum absolute atomic E-state index is 12.0. The maximum atomic E-state index is 12.0. The highest BCUT2D eigenvalue weighted by Gasteiger charge is 2.35. The van der Waals surface area contributed by atoms with E-state index in [4.69, 9.17) is 10.3 Å². The standard InChI is InChI=1S/C11H18N2O5/c1-7(4-5-9(14)12-18)10(15)13-6-2-3-8(13)11(16)17/h7-8,18H,2-6H2,1H3,(H,12,14)(H,16,17)/t7?,8-/m0/s1. The van der Waals surface area contributed by atoms with Crippen LogP contribution in [-0.2, 0) is 14.4 Å². The molecule has 1 saturated heterocycles. The van der Waals surface area contributed by atoms with E-state index in [0.717, 1.165) is 0 Å². The largest absolute Gasteiger partial charge is 0.480 e. The summed E-state index contributed by atoms with van der Waals surface area (Å²) in [5.41, 5.74) is 1.50. The van der Waals surface area contributed by atoms with Crippen LogP contribution in [0, 0.1) is 5.92 Å². The predicted molar refractivity (Wildman–Crippen MR) is 60.7 cm³/mol. The number of hydrogen-bond acceptors (Lipinski definition) is 4. The topological polar surface area (TPSA) is 107 Å². The number of carbonyl (C=O) groups is 3. The lowest BCUT2D eigenvalue weighted by Gasteiger charge is -2.24. The van der Waals surface area contributed by atoms with E-state index in [2.05, 4.69) is 0 Å². The molecule has 1 heterocycles. The number of carbonyl (C=O) groups excluding carboxylic acids is 2. The van der Waals surface area contributed by atoms with Crippen molar-refractivity contribution in [1.82, 2.24) is 10.4 Å². The molecule has 0 saturated carbocycles. The molecule has 0 aromatic carbocycles. The van der Waals surface area contributed by atoms with Crippen molar-refractivity contribution in [3.8, 4) is 0 Å². The molecule has 18 heavy (non-hydrogen) atoms. The number of likely N-dealkylation sites (tertiary alicyclic amines) is 1. The van der Waals surface area contributed by atoms with Gasteiger partial charge in [-0.05, 0) is 19.3 Å². The number of carboxylic acid groups (broad SMARTS) is 1. The van der Waals surface area contributed by atoms with Crippen LogP contribution in [0.3, 0.4) is 0 Å². The first kappa shape index (κ1) is 14.4. The predicted octanol–water partition coefficient (Wildman–Crippen LogP) is -0.0163. The SMILES string of the molecule is CC(CCC(=O)NO)C(=O)N1CCC[C@H]1C(=O)O. The smallest absolute Gasteiger partial charge is 0.326 e. The number of hydrogen-bond donors (Lipinski definition) is 3. The van der Waals surface area contributed by atoms with Crippen molar-refractivity contribution in [3.05, 3.63) is 0 Å². The minimum atomic E-state index is -0.985. The summed E-state index contributed by atoms with van der Waals surface area (Å²) >= 11 is 0. The number of carboxylic acids is 1. The summed E-state index contributed by atoms with van der Waals surface area (Å²) in [5, 5.41) is 17.3. The van der Waals surface area contributed by atoms with Crippen LogP contribution in [0.25, 0.3) is 0 Å². The van der Waals surface area contributed by atoms with Crippen molar-refractivity contribution in [2.75, 3.05) is 6.54 Å². The number of amides is 2. The van der Waals surface area contributed by atoms with Crippen molar-refractivity contribution < 1.29 is 24.7 Å². The Morgan fingerprint density at radius 1 is 1.44 bits per heavy atom. The Morgan fingerprint density at radius 3 is 2.67 bits per heavy atom. The number of nitrogens with one attached hydrogen (secondary N) is 1. The van der Waals surface area contributed by atoms with Gasteiger partial charge in [-0.25, -0.2) is 10.3 Å². The van der Waals surface area contributed by atoms with Gasteiger partial charge in [0, 0.05) is 18.9 Å². The molecule has 0 aromatic rings. The molecule has 1 rings (SSSR count). The van der Waals surface area contributed by atoms with E-state index in [1.54, 1.807) is 6.92 Å². The van der Waals surface area contributed by atoms with Crippen LogP contribution in [0.4, 0.5) is 0 Å². The van der Waals surface area contributed by atoms with E-state index in [-0.39, 0.29) is 18.7 Å². The van der Waals surface area contributed by atoms with Gasteiger partial charge in [-0.2, -0.15) is 0 Å². The zero-order chi connectivity index (χ0) is 13.7. The zero-order valence-corrected chi connectivity index (χ0v) is 10.3. The van der Waals surface area contributed by atoms with Gasteiger partial charge in [-0.15, -0.1) is 0 Å². The van der Waals surface area contributed by atoms with E-state index in [1.165, 1.54) is 10.4 Å². The van der Waals surface area contributed by atoms with E-state index < -0.39 is 23.8 Å². The van der Waals surface area contributed by atoms with E-state index >= 15 is 0 Å². The molecule has 0 aromatic heterocycles. The molecule has 2 amide bonds. The lowest BCUT2D eigenvalue weighted by Crippen LogP contribution is -2.43. The first-order valence-electron chi connectivity index (χ1n) is 5.93.